The third-order valence-electron chi connectivity index (χ3n) is 5.28. The smallest absolute Gasteiger partial charge is 0.254 e. The second-order valence-electron chi connectivity index (χ2n) is 7.16. The lowest BCUT2D eigenvalue weighted by Gasteiger charge is -2.26. The van der Waals surface area contributed by atoms with E-state index in [0.29, 0.717) is 44.1 Å². The van der Waals surface area contributed by atoms with Crippen LogP contribution in [-0.2, 0) is 11.3 Å². The molecule has 0 saturated carbocycles. The minimum atomic E-state index is 0.0176. The number of H-pyrrole nitrogens is 1. The molecule has 5 rings (SSSR count). The van der Waals surface area contributed by atoms with Gasteiger partial charge in [-0.25, -0.2) is 4.68 Å². The number of hydrogen-bond acceptors (Lipinski definition) is 6. The number of morpholine rings is 1. The summed E-state index contributed by atoms with van der Waals surface area (Å²) in [5, 5.41) is 16.9. The van der Waals surface area contributed by atoms with Crippen molar-refractivity contribution in [2.24, 2.45) is 5.73 Å². The Hall–Kier alpha value is -3.56. The molecule has 3 heterocycles. The van der Waals surface area contributed by atoms with Crippen molar-refractivity contribution in [1.29, 1.82) is 0 Å². The topological polar surface area (TPSA) is 115 Å². The molecule has 30 heavy (non-hydrogen) atoms. The van der Waals surface area contributed by atoms with E-state index in [4.69, 9.17) is 10.5 Å². The fraction of sp³-hybridized carbons (Fsp3) is 0.238. The summed E-state index contributed by atoms with van der Waals surface area (Å²) in [4.78, 5) is 14.4. The molecule has 3 N–H and O–H groups in total. The molecule has 9 heteroatoms. The lowest BCUT2D eigenvalue weighted by atomic mass is 10.1. The summed E-state index contributed by atoms with van der Waals surface area (Å²) in [6.07, 6.45) is 1.82. The van der Waals surface area contributed by atoms with E-state index in [9.17, 15) is 4.79 Å². The van der Waals surface area contributed by atoms with E-state index in [-0.39, 0.29) is 5.91 Å². The molecule has 4 aromatic rings. The van der Waals surface area contributed by atoms with E-state index in [2.05, 4.69) is 20.5 Å². The third-order valence-corrected chi connectivity index (χ3v) is 5.28. The molecule has 2 aromatic carbocycles. The number of hydrogen-bond donors (Lipinski definition) is 2. The van der Waals surface area contributed by atoms with E-state index >= 15 is 0 Å². The standard InChI is InChI=1S/C21H21N7O2/c22-12-14-1-6-17-18(11-14)23-25-20(17)19-13-28(26-24-19)16-4-2-15(3-5-16)21(29)27-7-9-30-10-8-27/h1-6,11,13H,7-10,12,22H2,(H,23,25). The van der Waals surface area contributed by atoms with Crippen LogP contribution in [0.3, 0.4) is 0 Å². The van der Waals surface area contributed by atoms with Crippen molar-refractivity contribution >= 4 is 16.8 Å². The zero-order valence-corrected chi connectivity index (χ0v) is 16.3. The largest absolute Gasteiger partial charge is 0.378 e. The zero-order chi connectivity index (χ0) is 20.5. The van der Waals surface area contributed by atoms with E-state index in [0.717, 1.165) is 27.8 Å². The van der Waals surface area contributed by atoms with E-state index in [1.807, 2.05) is 53.6 Å². The number of aromatic nitrogens is 5. The van der Waals surface area contributed by atoms with Gasteiger partial charge in [0.25, 0.3) is 5.91 Å². The van der Waals surface area contributed by atoms with Gasteiger partial charge in [0.05, 0.1) is 30.6 Å². The first-order chi connectivity index (χ1) is 14.7. The second kappa shape index (κ2) is 7.69. The summed E-state index contributed by atoms with van der Waals surface area (Å²) in [5.74, 6) is 0.0176. The van der Waals surface area contributed by atoms with Crippen LogP contribution in [0.15, 0.2) is 48.7 Å². The molecule has 152 valence electrons. The molecule has 2 aromatic heterocycles. The van der Waals surface area contributed by atoms with Crippen LogP contribution < -0.4 is 5.73 Å². The van der Waals surface area contributed by atoms with Crippen molar-refractivity contribution in [3.8, 4) is 17.1 Å². The Morgan fingerprint density at radius 1 is 1.13 bits per heavy atom. The van der Waals surface area contributed by atoms with Gasteiger partial charge in [-0.1, -0.05) is 17.3 Å². The molecule has 1 aliphatic rings. The molecular formula is C21H21N7O2. The predicted octanol–water partition coefficient (Wildman–Crippen LogP) is 1.74. The highest BCUT2D eigenvalue weighted by Gasteiger charge is 2.18. The van der Waals surface area contributed by atoms with Gasteiger partial charge >= 0.3 is 0 Å². The first kappa shape index (κ1) is 18.5. The number of nitrogens with one attached hydrogen (secondary N) is 1. The third kappa shape index (κ3) is 3.34. The Morgan fingerprint density at radius 2 is 1.93 bits per heavy atom. The maximum atomic E-state index is 12.6. The van der Waals surface area contributed by atoms with Crippen LogP contribution in [0.4, 0.5) is 0 Å². The molecule has 1 amide bonds. The molecule has 0 spiro atoms. The fourth-order valence-corrected chi connectivity index (χ4v) is 3.59. The summed E-state index contributed by atoms with van der Waals surface area (Å²) in [5.41, 5.74) is 10.5. The molecule has 0 aliphatic carbocycles. The highest BCUT2D eigenvalue weighted by Crippen LogP contribution is 2.26. The Kier molecular flexibility index (Phi) is 4.74. The lowest BCUT2D eigenvalue weighted by Crippen LogP contribution is -2.40. The van der Waals surface area contributed by atoms with Gasteiger partial charge in [-0.05, 0) is 35.9 Å². The van der Waals surface area contributed by atoms with E-state index < -0.39 is 0 Å². The summed E-state index contributed by atoms with van der Waals surface area (Å²) < 4.78 is 6.98. The number of rotatable bonds is 4. The zero-order valence-electron chi connectivity index (χ0n) is 16.3. The summed E-state index contributed by atoms with van der Waals surface area (Å²) in [6, 6.07) is 13.3. The molecular weight excluding hydrogens is 382 g/mol. The molecule has 1 fully saturated rings. The molecule has 1 saturated heterocycles. The predicted molar refractivity (Wildman–Crippen MR) is 111 cm³/mol. The molecule has 9 nitrogen and oxygen atoms in total. The maximum absolute atomic E-state index is 12.6. The number of ether oxygens (including phenoxy) is 1. The fourth-order valence-electron chi connectivity index (χ4n) is 3.59. The van der Waals surface area contributed by atoms with Gasteiger partial charge in [0.1, 0.15) is 11.4 Å². The van der Waals surface area contributed by atoms with Gasteiger partial charge in [0.2, 0.25) is 0 Å². The number of nitrogens with zero attached hydrogens (tertiary/aromatic N) is 5. The molecule has 1 aliphatic heterocycles. The number of aromatic amines is 1. The first-order valence-corrected chi connectivity index (χ1v) is 9.80. The van der Waals surface area contributed by atoms with Crippen LogP contribution >= 0.6 is 0 Å². The Morgan fingerprint density at radius 3 is 2.70 bits per heavy atom. The van der Waals surface area contributed by atoms with Crippen molar-refractivity contribution < 1.29 is 9.53 Å². The number of benzene rings is 2. The van der Waals surface area contributed by atoms with Crippen LogP contribution in [0, 0.1) is 0 Å². The molecule has 0 unspecified atom stereocenters. The number of carbonyl (C=O) groups excluding carboxylic acids is 1. The van der Waals surface area contributed by atoms with Gasteiger partial charge in [-0.15, -0.1) is 5.10 Å². The van der Waals surface area contributed by atoms with Gasteiger partial charge in [-0.2, -0.15) is 5.10 Å². The van der Waals surface area contributed by atoms with Crippen molar-refractivity contribution in [2.45, 2.75) is 6.54 Å². The molecule has 0 radical (unpaired) electrons. The highest BCUT2D eigenvalue weighted by molar-refractivity contribution is 5.94. The monoisotopic (exact) mass is 403 g/mol. The van der Waals surface area contributed by atoms with E-state index in [1.165, 1.54) is 0 Å². The van der Waals surface area contributed by atoms with Gasteiger partial charge in [-0.3, -0.25) is 9.89 Å². The van der Waals surface area contributed by atoms with Gasteiger partial charge < -0.3 is 15.4 Å². The minimum absolute atomic E-state index is 0.0176. The maximum Gasteiger partial charge on any atom is 0.254 e. The Labute approximate surface area is 172 Å². The number of amides is 1. The van der Waals surface area contributed by atoms with Crippen LogP contribution in [0.5, 0.6) is 0 Å². The average Bonchev–Trinajstić information content (AvgIpc) is 3.46. The number of nitrogens with two attached hydrogens (primary N) is 1. The Balaban J connectivity index is 1.38. The quantitative estimate of drug-likeness (QED) is 0.536. The first-order valence-electron chi connectivity index (χ1n) is 9.80. The van der Waals surface area contributed by atoms with Crippen molar-refractivity contribution in [3.05, 3.63) is 59.8 Å². The summed E-state index contributed by atoms with van der Waals surface area (Å²) in [6.45, 7) is 2.89. The second-order valence-corrected chi connectivity index (χ2v) is 7.16. The lowest BCUT2D eigenvalue weighted by molar-refractivity contribution is 0.0303. The van der Waals surface area contributed by atoms with E-state index in [1.54, 1.807) is 4.68 Å². The van der Waals surface area contributed by atoms with Crippen molar-refractivity contribution in [3.63, 3.8) is 0 Å². The van der Waals surface area contributed by atoms with Gasteiger partial charge in [0, 0.05) is 30.6 Å². The van der Waals surface area contributed by atoms with Crippen molar-refractivity contribution in [1.82, 2.24) is 30.1 Å². The van der Waals surface area contributed by atoms with Crippen LogP contribution in [-0.4, -0.2) is 62.3 Å². The summed E-state index contributed by atoms with van der Waals surface area (Å²) in [7, 11) is 0. The van der Waals surface area contributed by atoms with Gasteiger partial charge in [0.15, 0.2) is 0 Å². The highest BCUT2D eigenvalue weighted by atomic mass is 16.5. The summed E-state index contributed by atoms with van der Waals surface area (Å²) >= 11 is 0. The molecule has 0 bridgehead atoms. The normalized spacial score (nSPS) is 14.4. The SMILES string of the molecule is NCc1ccc2c(-c3cn(-c4ccc(C(=O)N5CCOCC5)cc4)nn3)n[nH]c2c1. The average molecular weight is 403 g/mol. The number of carbonyl (C=O) groups is 1. The Bertz CT molecular complexity index is 1190. The minimum Gasteiger partial charge on any atom is -0.378 e. The van der Waals surface area contributed by atoms with Crippen LogP contribution in [0.2, 0.25) is 0 Å². The number of fused-ring (bicyclic) bond motifs is 1. The van der Waals surface area contributed by atoms with Crippen LogP contribution in [0.25, 0.3) is 28.0 Å². The van der Waals surface area contributed by atoms with Crippen LogP contribution in [0.1, 0.15) is 15.9 Å². The molecule has 0 atom stereocenters. The van der Waals surface area contributed by atoms with Crippen molar-refractivity contribution in [2.75, 3.05) is 26.3 Å².